The number of ketones is 1. The fourth-order valence-electron chi connectivity index (χ4n) is 0.955. The number of carboxylic acids is 2. The molecule has 1 aromatic carbocycles. The summed E-state index contributed by atoms with van der Waals surface area (Å²) >= 11 is 0. The minimum atomic E-state index is -1.38. The Morgan fingerprint density at radius 1 is 1.17 bits per heavy atom. The van der Waals surface area contributed by atoms with Crippen molar-refractivity contribution in [2.24, 2.45) is 5.73 Å². The van der Waals surface area contributed by atoms with Crippen LogP contribution in [0.3, 0.4) is 0 Å². The Kier molecular flexibility index (Phi) is 6.99. The molecule has 6 heteroatoms. The molecule has 1 rings (SSSR count). The Bertz CT molecular complexity index is 404. The van der Waals surface area contributed by atoms with E-state index in [0.717, 1.165) is 12.5 Å². The Balaban J connectivity index is 0.000000411. The zero-order valence-electron chi connectivity index (χ0n) is 9.87. The van der Waals surface area contributed by atoms with Gasteiger partial charge in [0.2, 0.25) is 5.78 Å². The number of carbonyl (C=O) groups is 3. The van der Waals surface area contributed by atoms with Crippen LogP contribution in [0.5, 0.6) is 0 Å². The molecule has 98 valence electrons. The molecule has 1 atom stereocenters. The molecule has 0 saturated carbocycles. The highest BCUT2D eigenvalue weighted by molar-refractivity contribution is 6.31. The predicted molar refractivity (Wildman–Crippen MR) is 64.1 cm³/mol. The van der Waals surface area contributed by atoms with Crippen LogP contribution in [0.25, 0.3) is 0 Å². The van der Waals surface area contributed by atoms with Crippen molar-refractivity contribution in [2.75, 3.05) is 0 Å². The molecule has 1 aromatic rings. The number of benzene rings is 1. The van der Waals surface area contributed by atoms with E-state index < -0.39 is 23.8 Å². The lowest BCUT2D eigenvalue weighted by Crippen LogP contribution is -2.32. The van der Waals surface area contributed by atoms with Gasteiger partial charge in [-0.2, -0.15) is 0 Å². The van der Waals surface area contributed by atoms with Crippen molar-refractivity contribution < 1.29 is 24.6 Å². The first-order chi connectivity index (χ1) is 8.34. The Morgan fingerprint density at radius 3 is 1.94 bits per heavy atom. The van der Waals surface area contributed by atoms with Crippen molar-refractivity contribution in [3.63, 3.8) is 0 Å². The van der Waals surface area contributed by atoms with E-state index in [1.54, 1.807) is 0 Å². The lowest BCUT2D eigenvalue weighted by Gasteiger charge is -2.04. The molecule has 0 saturated heterocycles. The number of carboxylic acid groups (broad SMARTS) is 2. The van der Waals surface area contributed by atoms with Gasteiger partial charge in [0.1, 0.15) is 6.04 Å². The molecule has 0 aliphatic rings. The van der Waals surface area contributed by atoms with Gasteiger partial charge in [0.25, 0.3) is 0 Å². The summed E-state index contributed by atoms with van der Waals surface area (Å²) in [6.45, 7) is 1.00. The standard InChI is InChI=1S/C9H11NO2.C3H4O3/c10-8(9(11)12)6-7-4-2-1-3-5-7;1-2(4)3(5)6/h1-5,8H,6,10H2,(H,11,12);1H3,(H,5,6). The SMILES string of the molecule is CC(=O)C(=O)O.NC(Cc1ccccc1)C(=O)O. The van der Waals surface area contributed by atoms with Crippen molar-refractivity contribution in [1.82, 2.24) is 0 Å². The van der Waals surface area contributed by atoms with Gasteiger partial charge in [-0.25, -0.2) is 4.79 Å². The summed E-state index contributed by atoms with van der Waals surface area (Å²) in [6, 6.07) is 8.54. The molecule has 0 bridgehead atoms. The summed E-state index contributed by atoms with van der Waals surface area (Å²) in [5, 5.41) is 16.2. The van der Waals surface area contributed by atoms with Crippen LogP contribution in [0.4, 0.5) is 0 Å². The average molecular weight is 253 g/mol. The molecule has 0 heterocycles. The highest BCUT2D eigenvalue weighted by Crippen LogP contribution is 2.01. The quantitative estimate of drug-likeness (QED) is 0.664. The summed E-state index contributed by atoms with van der Waals surface area (Å²) in [5.74, 6) is -3.16. The number of hydrogen-bond acceptors (Lipinski definition) is 4. The zero-order chi connectivity index (χ0) is 14.1. The maximum absolute atomic E-state index is 10.4. The Labute approximate surface area is 104 Å². The van der Waals surface area contributed by atoms with Crippen LogP contribution in [-0.4, -0.2) is 34.0 Å². The van der Waals surface area contributed by atoms with Gasteiger partial charge in [-0.1, -0.05) is 30.3 Å². The first-order valence-corrected chi connectivity index (χ1v) is 5.10. The minimum absolute atomic E-state index is 0.385. The third-order valence-electron chi connectivity index (χ3n) is 1.92. The number of rotatable bonds is 4. The van der Waals surface area contributed by atoms with Crippen molar-refractivity contribution in [2.45, 2.75) is 19.4 Å². The van der Waals surface area contributed by atoms with E-state index >= 15 is 0 Å². The predicted octanol–water partition coefficient (Wildman–Crippen LogP) is 0.301. The number of aliphatic carboxylic acids is 2. The maximum atomic E-state index is 10.4. The highest BCUT2D eigenvalue weighted by Gasteiger charge is 2.10. The van der Waals surface area contributed by atoms with Gasteiger partial charge in [0.05, 0.1) is 0 Å². The van der Waals surface area contributed by atoms with Crippen LogP contribution >= 0.6 is 0 Å². The topological polar surface area (TPSA) is 118 Å². The van der Waals surface area contributed by atoms with Gasteiger partial charge in [-0.15, -0.1) is 0 Å². The van der Waals surface area contributed by atoms with E-state index in [1.807, 2.05) is 30.3 Å². The maximum Gasteiger partial charge on any atom is 0.371 e. The van der Waals surface area contributed by atoms with Gasteiger partial charge in [-0.3, -0.25) is 9.59 Å². The van der Waals surface area contributed by atoms with Gasteiger partial charge in [0, 0.05) is 6.92 Å². The second-order valence-corrected chi connectivity index (χ2v) is 3.50. The first-order valence-electron chi connectivity index (χ1n) is 5.10. The summed E-state index contributed by atoms with van der Waals surface area (Å²) in [5.41, 5.74) is 6.30. The molecule has 0 radical (unpaired) electrons. The van der Waals surface area contributed by atoms with E-state index in [9.17, 15) is 14.4 Å². The molecule has 18 heavy (non-hydrogen) atoms. The van der Waals surface area contributed by atoms with Crippen LogP contribution in [-0.2, 0) is 20.8 Å². The average Bonchev–Trinajstić information content (AvgIpc) is 2.30. The van der Waals surface area contributed by atoms with Crippen molar-refractivity contribution in [3.8, 4) is 0 Å². The van der Waals surface area contributed by atoms with Crippen LogP contribution in [0.15, 0.2) is 30.3 Å². The Morgan fingerprint density at radius 2 is 1.61 bits per heavy atom. The zero-order valence-corrected chi connectivity index (χ0v) is 9.87. The number of nitrogens with two attached hydrogens (primary N) is 1. The van der Waals surface area contributed by atoms with Crippen LogP contribution in [0.1, 0.15) is 12.5 Å². The Hall–Kier alpha value is -2.21. The van der Waals surface area contributed by atoms with Crippen LogP contribution < -0.4 is 5.73 Å². The molecule has 0 aromatic heterocycles. The van der Waals surface area contributed by atoms with E-state index in [4.69, 9.17) is 15.9 Å². The summed E-state index contributed by atoms with van der Waals surface area (Å²) in [4.78, 5) is 29.3. The summed E-state index contributed by atoms with van der Waals surface area (Å²) in [6.07, 6.45) is 0.385. The fraction of sp³-hybridized carbons (Fsp3) is 0.250. The number of Topliss-reactive ketones (excluding diaryl/α,β-unsaturated/α-hetero) is 1. The van der Waals surface area contributed by atoms with Crippen molar-refractivity contribution in [3.05, 3.63) is 35.9 Å². The molecular weight excluding hydrogens is 238 g/mol. The molecule has 6 nitrogen and oxygen atoms in total. The summed E-state index contributed by atoms with van der Waals surface area (Å²) < 4.78 is 0. The molecule has 0 amide bonds. The molecule has 1 unspecified atom stereocenters. The fourth-order valence-corrected chi connectivity index (χ4v) is 0.955. The second kappa shape index (κ2) is 7.97. The van der Waals surface area contributed by atoms with E-state index in [-0.39, 0.29) is 0 Å². The van der Waals surface area contributed by atoms with Gasteiger partial charge >= 0.3 is 11.9 Å². The molecule has 0 aliphatic heterocycles. The highest BCUT2D eigenvalue weighted by atomic mass is 16.4. The monoisotopic (exact) mass is 253 g/mol. The van der Waals surface area contributed by atoms with Crippen LogP contribution in [0.2, 0.25) is 0 Å². The minimum Gasteiger partial charge on any atom is -0.480 e. The first kappa shape index (κ1) is 15.8. The van der Waals surface area contributed by atoms with Gasteiger partial charge in [0.15, 0.2) is 0 Å². The number of hydrogen-bond donors (Lipinski definition) is 3. The smallest absolute Gasteiger partial charge is 0.371 e. The molecule has 0 spiro atoms. The van der Waals surface area contributed by atoms with E-state index in [1.165, 1.54) is 0 Å². The molecule has 0 aliphatic carbocycles. The van der Waals surface area contributed by atoms with Crippen molar-refractivity contribution in [1.29, 1.82) is 0 Å². The molecule has 0 fully saturated rings. The third kappa shape index (κ3) is 7.13. The van der Waals surface area contributed by atoms with Gasteiger partial charge < -0.3 is 15.9 Å². The normalized spacial score (nSPS) is 10.8. The van der Waals surface area contributed by atoms with E-state index in [0.29, 0.717) is 6.42 Å². The third-order valence-corrected chi connectivity index (χ3v) is 1.92. The second-order valence-electron chi connectivity index (χ2n) is 3.50. The molecule has 4 N–H and O–H groups in total. The lowest BCUT2D eigenvalue weighted by molar-refractivity contribution is -0.148. The van der Waals surface area contributed by atoms with E-state index in [2.05, 4.69) is 0 Å². The largest absolute Gasteiger partial charge is 0.480 e. The summed E-state index contributed by atoms with van der Waals surface area (Å²) in [7, 11) is 0. The number of carbonyl (C=O) groups excluding carboxylic acids is 1. The van der Waals surface area contributed by atoms with Gasteiger partial charge in [-0.05, 0) is 12.0 Å². The lowest BCUT2D eigenvalue weighted by atomic mass is 10.1. The van der Waals surface area contributed by atoms with Crippen LogP contribution in [0, 0.1) is 0 Å². The molecular formula is C12H15NO5. The van der Waals surface area contributed by atoms with Crippen molar-refractivity contribution >= 4 is 17.7 Å².